The lowest BCUT2D eigenvalue weighted by Gasteiger charge is -1.79. The molecule has 0 aromatic carbocycles. The molecule has 0 aliphatic rings. The van der Waals surface area contributed by atoms with Gasteiger partial charge in [0.05, 0.1) is 12.5 Å². The molecule has 0 bridgehead atoms. The van der Waals surface area contributed by atoms with E-state index in [-0.39, 0.29) is 0 Å². The third kappa shape index (κ3) is 18.6. The molecule has 0 saturated carbocycles. The van der Waals surface area contributed by atoms with Gasteiger partial charge in [0.25, 0.3) is 0 Å². The van der Waals surface area contributed by atoms with Crippen LogP contribution in [0.1, 0.15) is 20.8 Å². The van der Waals surface area contributed by atoms with E-state index in [0.717, 1.165) is 0 Å². The van der Waals surface area contributed by atoms with Crippen molar-refractivity contribution in [2.45, 2.75) is 20.8 Å². The van der Waals surface area contributed by atoms with Crippen LogP contribution in [0.2, 0.25) is 0 Å². The fourth-order valence-electron chi connectivity index (χ4n) is 0.134. The smallest absolute Gasteiger partial charge is 0.0858 e. The molecule has 0 rings (SSSR count). The van der Waals surface area contributed by atoms with Crippen molar-refractivity contribution in [1.29, 1.82) is 0 Å². The number of ether oxygens (including phenoxy) is 1. The second-order valence-corrected chi connectivity index (χ2v) is 0.772. The number of rotatable bonds is 2. The molecule has 0 heterocycles. The van der Waals surface area contributed by atoms with Gasteiger partial charge in [-0.3, -0.25) is 0 Å². The Morgan fingerprint density at radius 3 is 2.00 bits per heavy atom. The van der Waals surface area contributed by atoms with Crippen LogP contribution in [-0.4, -0.2) is 0 Å². The van der Waals surface area contributed by atoms with Crippen LogP contribution in [0.15, 0.2) is 25.2 Å². The van der Waals surface area contributed by atoms with Crippen LogP contribution >= 0.6 is 0 Å². The summed E-state index contributed by atoms with van der Waals surface area (Å²) in [5.41, 5.74) is 0. The Kier molecular flexibility index (Phi) is 20.9. The lowest BCUT2D eigenvalue weighted by atomic mass is 10.7. The van der Waals surface area contributed by atoms with Gasteiger partial charge in [-0.2, -0.15) is 0 Å². The van der Waals surface area contributed by atoms with Crippen molar-refractivity contribution >= 4 is 0 Å². The maximum absolute atomic E-state index is 4.57. The van der Waals surface area contributed by atoms with Crippen LogP contribution in [0.3, 0.4) is 0 Å². The molecule has 0 fully saturated rings. The summed E-state index contributed by atoms with van der Waals surface area (Å²) in [5, 5.41) is 0. The minimum Gasteiger partial charge on any atom is -0.474 e. The lowest BCUT2D eigenvalue weighted by Crippen LogP contribution is -1.56. The minimum atomic E-state index is 1.38. The highest BCUT2D eigenvalue weighted by atomic mass is 16.5. The molecule has 0 atom stereocenters. The summed E-state index contributed by atoms with van der Waals surface area (Å²) in [5.74, 6) is 0. The summed E-state index contributed by atoms with van der Waals surface area (Å²) in [6.07, 6.45) is 4.73. The Morgan fingerprint density at radius 1 is 1.38 bits per heavy atom. The lowest BCUT2D eigenvalue weighted by molar-refractivity contribution is 0.404. The predicted octanol–water partition coefficient (Wildman–Crippen LogP) is 2.71. The van der Waals surface area contributed by atoms with Crippen LogP contribution in [0.25, 0.3) is 0 Å². The summed E-state index contributed by atoms with van der Waals surface area (Å²) >= 11 is 0. The molecule has 0 saturated heterocycles. The number of hydrogen-bond donors (Lipinski definition) is 0. The zero-order chi connectivity index (χ0) is 6.83. The molecule has 0 aliphatic carbocycles. The highest BCUT2D eigenvalue weighted by Crippen LogP contribution is 1.72. The van der Waals surface area contributed by atoms with Gasteiger partial charge in [-0.05, 0) is 6.92 Å². The first-order valence-electron chi connectivity index (χ1n) is 2.79. The Balaban J connectivity index is 0. The monoisotopic (exact) mass is 114 g/mol. The molecule has 0 amide bonds. The van der Waals surface area contributed by atoms with Crippen molar-refractivity contribution in [2.75, 3.05) is 0 Å². The zero-order valence-corrected chi connectivity index (χ0v) is 5.85. The Bertz CT molecular complexity index is 55.4. The van der Waals surface area contributed by atoms with E-state index in [1.54, 1.807) is 12.3 Å². The van der Waals surface area contributed by atoms with Crippen LogP contribution in [0.5, 0.6) is 0 Å². The summed E-state index contributed by atoms with van der Waals surface area (Å²) in [6.45, 7) is 9.20. The molecule has 0 aromatic rings. The van der Waals surface area contributed by atoms with Crippen molar-refractivity contribution < 1.29 is 4.74 Å². The minimum absolute atomic E-state index is 1.38. The standard InChI is InChI=1S/C5H8O.C2H6/c1-3-5-6-4-2;1-2/h3-5H,2H2,1H3;1-2H3/b5-3-;. The Hall–Kier alpha value is -0.720. The number of allylic oxidation sites excluding steroid dienone is 1. The highest BCUT2D eigenvalue weighted by molar-refractivity contribution is 4.68. The SMILES string of the molecule is C=CO/C=C\C.CC. The Labute approximate surface area is 51.7 Å². The second kappa shape index (κ2) is 16.3. The number of hydrogen-bond acceptors (Lipinski definition) is 1. The average molecular weight is 114 g/mol. The first kappa shape index (κ1) is 10.3. The molecule has 0 unspecified atom stereocenters. The molecular weight excluding hydrogens is 100 g/mol. The van der Waals surface area contributed by atoms with E-state index in [1.807, 2.05) is 20.8 Å². The van der Waals surface area contributed by atoms with E-state index in [1.165, 1.54) is 6.26 Å². The third-order valence-corrected chi connectivity index (χ3v) is 0.311. The summed E-state index contributed by atoms with van der Waals surface area (Å²) < 4.78 is 4.57. The molecule has 0 spiro atoms. The molecule has 8 heavy (non-hydrogen) atoms. The van der Waals surface area contributed by atoms with Crippen molar-refractivity contribution in [3.05, 3.63) is 25.2 Å². The van der Waals surface area contributed by atoms with Crippen molar-refractivity contribution in [1.82, 2.24) is 0 Å². The molecule has 0 aliphatic heterocycles. The zero-order valence-electron chi connectivity index (χ0n) is 5.85. The molecular formula is C7H14O. The predicted molar refractivity (Wildman–Crippen MR) is 37.4 cm³/mol. The van der Waals surface area contributed by atoms with Gasteiger partial charge in [0, 0.05) is 0 Å². The van der Waals surface area contributed by atoms with Gasteiger partial charge in [-0.15, -0.1) is 0 Å². The van der Waals surface area contributed by atoms with Gasteiger partial charge >= 0.3 is 0 Å². The molecule has 0 aromatic heterocycles. The van der Waals surface area contributed by atoms with Crippen LogP contribution in [0, 0.1) is 0 Å². The normalized spacial score (nSPS) is 7.38. The molecule has 0 radical (unpaired) electrons. The molecule has 0 N–H and O–H groups in total. The molecule has 1 nitrogen and oxygen atoms in total. The van der Waals surface area contributed by atoms with Gasteiger partial charge in [0.2, 0.25) is 0 Å². The van der Waals surface area contributed by atoms with E-state index in [2.05, 4.69) is 11.3 Å². The Morgan fingerprint density at radius 2 is 1.88 bits per heavy atom. The van der Waals surface area contributed by atoms with E-state index in [4.69, 9.17) is 0 Å². The molecule has 48 valence electrons. The van der Waals surface area contributed by atoms with Gasteiger partial charge < -0.3 is 4.74 Å². The first-order chi connectivity index (χ1) is 3.91. The van der Waals surface area contributed by atoms with Crippen LogP contribution in [0.4, 0.5) is 0 Å². The third-order valence-electron chi connectivity index (χ3n) is 0.311. The van der Waals surface area contributed by atoms with E-state index in [0.29, 0.717) is 0 Å². The van der Waals surface area contributed by atoms with Crippen LogP contribution in [-0.2, 0) is 4.74 Å². The fourth-order valence-corrected chi connectivity index (χ4v) is 0.134. The van der Waals surface area contributed by atoms with Crippen LogP contribution < -0.4 is 0 Å². The van der Waals surface area contributed by atoms with Crippen molar-refractivity contribution in [3.8, 4) is 0 Å². The summed E-state index contributed by atoms with van der Waals surface area (Å²) in [4.78, 5) is 0. The topological polar surface area (TPSA) is 9.23 Å². The van der Waals surface area contributed by atoms with E-state index in [9.17, 15) is 0 Å². The second-order valence-electron chi connectivity index (χ2n) is 0.772. The summed E-state index contributed by atoms with van der Waals surface area (Å²) in [6, 6.07) is 0. The molecule has 1 heteroatoms. The maximum Gasteiger partial charge on any atom is 0.0858 e. The highest BCUT2D eigenvalue weighted by Gasteiger charge is 1.53. The largest absolute Gasteiger partial charge is 0.474 e. The maximum atomic E-state index is 4.57. The summed E-state index contributed by atoms with van der Waals surface area (Å²) in [7, 11) is 0. The average Bonchev–Trinajstić information content (AvgIpc) is 1.88. The first-order valence-corrected chi connectivity index (χ1v) is 2.79. The van der Waals surface area contributed by atoms with Crippen molar-refractivity contribution in [3.63, 3.8) is 0 Å². The van der Waals surface area contributed by atoms with Gasteiger partial charge in [-0.1, -0.05) is 26.5 Å². The van der Waals surface area contributed by atoms with Gasteiger partial charge in [-0.25, -0.2) is 0 Å². The van der Waals surface area contributed by atoms with Gasteiger partial charge in [0.15, 0.2) is 0 Å². The fraction of sp³-hybridized carbons (Fsp3) is 0.429. The van der Waals surface area contributed by atoms with Gasteiger partial charge in [0.1, 0.15) is 0 Å². The quantitative estimate of drug-likeness (QED) is 0.501. The van der Waals surface area contributed by atoms with E-state index < -0.39 is 0 Å². The van der Waals surface area contributed by atoms with Crippen molar-refractivity contribution in [2.24, 2.45) is 0 Å². The van der Waals surface area contributed by atoms with E-state index >= 15 is 0 Å².